The van der Waals surface area contributed by atoms with Crippen LogP contribution in [0.25, 0.3) is 0 Å². The van der Waals surface area contributed by atoms with E-state index >= 15 is 0 Å². The normalized spacial score (nSPS) is 13.2. The highest BCUT2D eigenvalue weighted by Gasteiger charge is 2.10. The molecule has 0 saturated heterocycles. The molecule has 154 valence electrons. The number of rotatable bonds is 9. The van der Waals surface area contributed by atoms with Crippen molar-refractivity contribution in [1.82, 2.24) is 9.78 Å². The van der Waals surface area contributed by atoms with E-state index in [1.807, 2.05) is 31.8 Å². The van der Waals surface area contributed by atoms with Gasteiger partial charge < -0.3 is 0 Å². The molecule has 0 aliphatic rings. The van der Waals surface area contributed by atoms with Crippen LogP contribution >= 0.6 is 0 Å². The zero-order valence-corrected chi connectivity index (χ0v) is 18.7. The van der Waals surface area contributed by atoms with Gasteiger partial charge in [-0.1, -0.05) is 53.7 Å². The van der Waals surface area contributed by atoms with E-state index in [1.54, 1.807) is 12.2 Å². The average molecular weight is 384 g/mol. The van der Waals surface area contributed by atoms with Crippen LogP contribution in [0.5, 0.6) is 0 Å². The van der Waals surface area contributed by atoms with Gasteiger partial charge >= 0.3 is 0 Å². The second-order valence-corrected chi connectivity index (χ2v) is 7.49. The smallest absolute Gasteiger partial charge is 0.157 e. The minimum absolute atomic E-state index is 0.0193. The molecule has 0 saturated carbocycles. The molecule has 0 aliphatic carbocycles. The maximum absolute atomic E-state index is 11.4. The molecule has 1 rings (SSSR count). The highest BCUT2D eigenvalue weighted by Crippen LogP contribution is 2.16. The maximum atomic E-state index is 11.4. The zero-order valence-electron chi connectivity index (χ0n) is 18.7. The van der Waals surface area contributed by atoms with Gasteiger partial charge in [0.1, 0.15) is 0 Å². The van der Waals surface area contributed by atoms with Crippen molar-refractivity contribution in [3.63, 3.8) is 0 Å². The molecule has 0 spiro atoms. The average Bonchev–Trinajstić information content (AvgIpc) is 3.06. The number of aromatic nitrogens is 2. The highest BCUT2D eigenvalue weighted by molar-refractivity contribution is 5.95. The van der Waals surface area contributed by atoms with Crippen molar-refractivity contribution in [2.75, 3.05) is 0 Å². The second-order valence-electron chi connectivity index (χ2n) is 7.49. The summed E-state index contributed by atoms with van der Waals surface area (Å²) in [5.74, 6) is 1.45. The second kappa shape index (κ2) is 13.7. The Morgan fingerprint density at radius 1 is 1.36 bits per heavy atom. The van der Waals surface area contributed by atoms with Crippen LogP contribution in [0, 0.1) is 23.2 Å². The van der Waals surface area contributed by atoms with E-state index in [1.165, 1.54) is 12.6 Å². The van der Waals surface area contributed by atoms with E-state index < -0.39 is 0 Å². The minimum Gasteiger partial charge on any atom is -0.295 e. The predicted octanol–water partition coefficient (Wildman–Crippen LogP) is 5.97. The fraction of sp³-hybridized carbons (Fsp3) is 0.542. The number of aryl methyl sites for hydroxylation is 1. The summed E-state index contributed by atoms with van der Waals surface area (Å²) < 4.78 is 1.86. The Labute approximate surface area is 171 Å². The predicted molar refractivity (Wildman–Crippen MR) is 118 cm³/mol. The molecule has 1 unspecified atom stereocenters. The van der Waals surface area contributed by atoms with Crippen LogP contribution in [0.4, 0.5) is 0 Å². The largest absolute Gasteiger partial charge is 0.295 e. The third-order valence-corrected chi connectivity index (χ3v) is 4.81. The van der Waals surface area contributed by atoms with Gasteiger partial charge in [-0.2, -0.15) is 10.4 Å². The van der Waals surface area contributed by atoms with E-state index in [4.69, 9.17) is 5.26 Å². The number of nitrogens with zero attached hydrogens (tertiary/aromatic N) is 3. The Morgan fingerprint density at radius 2 is 2.00 bits per heavy atom. The number of Topliss-reactive ketones (excluding diaryl/α,β-unsaturated/α-hetero) is 1. The molecule has 4 heteroatoms. The molecule has 1 aromatic heterocycles. The molecule has 0 N–H and O–H groups in total. The lowest BCUT2D eigenvalue weighted by atomic mass is 9.93. The SMILES string of the molecule is C=C/C(=C\C(C#N)=C(/CCC)C(C)=O)CC.CC(C)C(C)Cc1ccn(C)n1. The summed E-state index contributed by atoms with van der Waals surface area (Å²) in [6.45, 7) is 16.0. The first kappa shape index (κ1) is 25.6. The van der Waals surface area contributed by atoms with Gasteiger partial charge in [0.05, 0.1) is 17.3 Å². The Bertz CT molecular complexity index is 729. The van der Waals surface area contributed by atoms with Crippen LogP contribution in [-0.2, 0) is 18.3 Å². The molecule has 0 radical (unpaired) electrons. The molecular formula is C24H37N3O. The zero-order chi connectivity index (χ0) is 21.7. The quantitative estimate of drug-likeness (QED) is 0.300. The first-order valence-electron chi connectivity index (χ1n) is 10.2. The van der Waals surface area contributed by atoms with Crippen LogP contribution in [0.1, 0.15) is 66.5 Å². The fourth-order valence-electron chi connectivity index (χ4n) is 2.57. The summed E-state index contributed by atoms with van der Waals surface area (Å²) in [4.78, 5) is 11.4. The van der Waals surface area contributed by atoms with Gasteiger partial charge in [0, 0.05) is 18.8 Å². The third kappa shape index (κ3) is 9.50. The molecule has 28 heavy (non-hydrogen) atoms. The number of allylic oxidation sites excluding steroid dienone is 5. The van der Waals surface area contributed by atoms with Crippen LogP contribution < -0.4 is 0 Å². The van der Waals surface area contributed by atoms with Crippen LogP contribution in [-0.4, -0.2) is 15.6 Å². The molecule has 0 aliphatic heterocycles. The van der Waals surface area contributed by atoms with Gasteiger partial charge in [0.25, 0.3) is 0 Å². The van der Waals surface area contributed by atoms with Crippen molar-refractivity contribution < 1.29 is 4.79 Å². The molecule has 1 aromatic rings. The van der Waals surface area contributed by atoms with Crippen molar-refractivity contribution in [1.29, 1.82) is 5.26 Å². The van der Waals surface area contributed by atoms with Gasteiger partial charge in [-0.15, -0.1) is 0 Å². The van der Waals surface area contributed by atoms with Crippen LogP contribution in [0.3, 0.4) is 0 Å². The summed E-state index contributed by atoms with van der Waals surface area (Å²) in [7, 11) is 1.96. The Balaban J connectivity index is 0.000000540. The molecule has 4 nitrogen and oxygen atoms in total. The fourth-order valence-corrected chi connectivity index (χ4v) is 2.57. The van der Waals surface area contributed by atoms with Gasteiger partial charge in [0.2, 0.25) is 0 Å². The first-order valence-corrected chi connectivity index (χ1v) is 10.2. The summed E-state index contributed by atoms with van der Waals surface area (Å²) in [6.07, 6.45) is 8.92. The Kier molecular flexibility index (Phi) is 12.5. The number of carbonyl (C=O) groups excluding carboxylic acids is 1. The van der Waals surface area contributed by atoms with E-state index in [0.717, 1.165) is 36.7 Å². The van der Waals surface area contributed by atoms with E-state index in [9.17, 15) is 4.79 Å². The maximum Gasteiger partial charge on any atom is 0.157 e. The van der Waals surface area contributed by atoms with Gasteiger partial charge in [-0.05, 0) is 55.7 Å². The van der Waals surface area contributed by atoms with Crippen molar-refractivity contribution in [2.24, 2.45) is 18.9 Å². The lowest BCUT2D eigenvalue weighted by Gasteiger charge is -2.13. The van der Waals surface area contributed by atoms with Crippen molar-refractivity contribution in [2.45, 2.75) is 67.2 Å². The number of hydrogen-bond acceptors (Lipinski definition) is 3. The van der Waals surface area contributed by atoms with Gasteiger partial charge in [-0.3, -0.25) is 9.48 Å². The third-order valence-electron chi connectivity index (χ3n) is 4.81. The molecule has 0 bridgehead atoms. The number of carbonyl (C=O) groups is 1. The highest BCUT2D eigenvalue weighted by atomic mass is 16.1. The summed E-state index contributed by atoms with van der Waals surface area (Å²) in [6, 6.07) is 4.20. The first-order chi connectivity index (χ1) is 13.2. The molecule has 0 fully saturated rings. The Morgan fingerprint density at radius 3 is 2.36 bits per heavy atom. The standard InChI is InChI=1S/C14H19NO.C10H18N2/c1-5-8-14(11(4)16)13(10-15)9-12(6-2)7-3;1-8(2)9(3)7-10-5-6-12(4)11-10/h6,9H,2,5,7-8H2,1,3-4H3;5-6,8-9H,7H2,1-4H3/b12-9+,14-13-;. The van der Waals surface area contributed by atoms with Gasteiger partial charge in [0.15, 0.2) is 5.78 Å². The summed E-state index contributed by atoms with van der Waals surface area (Å²) in [5, 5.41) is 13.4. The van der Waals surface area contributed by atoms with E-state index in [0.29, 0.717) is 17.6 Å². The van der Waals surface area contributed by atoms with Gasteiger partial charge in [-0.25, -0.2) is 0 Å². The lowest BCUT2D eigenvalue weighted by Crippen LogP contribution is -2.08. The molecule has 0 amide bonds. The lowest BCUT2D eigenvalue weighted by molar-refractivity contribution is -0.113. The van der Waals surface area contributed by atoms with Crippen LogP contribution in [0.2, 0.25) is 0 Å². The van der Waals surface area contributed by atoms with E-state index in [-0.39, 0.29) is 5.78 Å². The summed E-state index contributed by atoms with van der Waals surface area (Å²) >= 11 is 0. The van der Waals surface area contributed by atoms with Crippen molar-refractivity contribution >= 4 is 5.78 Å². The molecule has 0 aromatic carbocycles. The number of nitriles is 1. The van der Waals surface area contributed by atoms with Crippen molar-refractivity contribution in [3.8, 4) is 6.07 Å². The summed E-state index contributed by atoms with van der Waals surface area (Å²) in [5.41, 5.74) is 3.29. The Hall–Kier alpha value is -2.41. The number of hydrogen-bond donors (Lipinski definition) is 0. The molecule has 1 atom stereocenters. The van der Waals surface area contributed by atoms with Crippen LogP contribution in [0.15, 0.2) is 47.7 Å². The van der Waals surface area contributed by atoms with Crippen molar-refractivity contribution in [3.05, 3.63) is 53.4 Å². The number of ketones is 1. The monoisotopic (exact) mass is 383 g/mol. The van der Waals surface area contributed by atoms with E-state index in [2.05, 4.69) is 44.6 Å². The molecule has 1 heterocycles. The topological polar surface area (TPSA) is 58.7 Å². The minimum atomic E-state index is -0.0193. The molecular weight excluding hydrogens is 346 g/mol.